The van der Waals surface area contributed by atoms with E-state index in [9.17, 15) is 0 Å². The lowest BCUT2D eigenvalue weighted by molar-refractivity contribution is 0.168. The Morgan fingerprint density at radius 1 is 1.36 bits per heavy atom. The van der Waals surface area contributed by atoms with Gasteiger partial charge in [-0.25, -0.2) is 0 Å². The van der Waals surface area contributed by atoms with Crippen molar-refractivity contribution in [3.05, 3.63) is 0 Å². The van der Waals surface area contributed by atoms with E-state index in [-0.39, 0.29) is 0 Å². The molecule has 0 rings (SSSR count). The summed E-state index contributed by atoms with van der Waals surface area (Å²) in [6, 6.07) is 0. The molecule has 1 N–H and O–H groups in total. The van der Waals surface area contributed by atoms with Crippen molar-refractivity contribution in [2.75, 3.05) is 26.3 Å². The van der Waals surface area contributed by atoms with Crippen LogP contribution in [0.25, 0.3) is 0 Å². The minimum atomic E-state index is 0.560. The normalized spacial score (nSPS) is 8.91. The molecule has 0 atom stereocenters. The minimum Gasteiger partial charge on any atom is -0.367 e. The van der Waals surface area contributed by atoms with E-state index < -0.39 is 0 Å². The van der Waals surface area contributed by atoms with Crippen LogP contribution >= 0.6 is 0 Å². The molecule has 2 nitrogen and oxygen atoms in total. The largest absolute Gasteiger partial charge is 0.367 e. The molecule has 0 aromatic rings. The Hall–Kier alpha value is -0.520. The first-order valence-corrected chi connectivity index (χ1v) is 4.10. The third-order valence-corrected chi connectivity index (χ3v) is 1.20. The van der Waals surface area contributed by atoms with Crippen LogP contribution in [-0.4, -0.2) is 26.3 Å². The molecule has 0 aromatic heterocycles. The van der Waals surface area contributed by atoms with Crippen molar-refractivity contribution in [1.29, 1.82) is 0 Å². The molecule has 11 heavy (non-hydrogen) atoms. The van der Waals surface area contributed by atoms with Crippen LogP contribution in [0.3, 0.4) is 0 Å². The van der Waals surface area contributed by atoms with Gasteiger partial charge in [0.2, 0.25) is 0 Å². The summed E-state index contributed by atoms with van der Waals surface area (Å²) in [4.78, 5) is 0. The average molecular weight is 155 g/mol. The number of nitrogens with one attached hydrogen (secondary N) is 1. The predicted molar refractivity (Wildman–Crippen MR) is 47.4 cm³/mol. The smallest absolute Gasteiger partial charge is 0.107 e. The van der Waals surface area contributed by atoms with Crippen LogP contribution in [-0.2, 0) is 4.74 Å². The van der Waals surface area contributed by atoms with E-state index in [0.29, 0.717) is 6.61 Å². The molecule has 0 bridgehead atoms. The maximum Gasteiger partial charge on any atom is 0.107 e. The van der Waals surface area contributed by atoms with Crippen molar-refractivity contribution < 1.29 is 4.74 Å². The first kappa shape index (κ1) is 10.5. The van der Waals surface area contributed by atoms with Crippen LogP contribution < -0.4 is 5.32 Å². The minimum absolute atomic E-state index is 0.560. The highest BCUT2D eigenvalue weighted by Gasteiger charge is 1.84. The van der Waals surface area contributed by atoms with Crippen molar-refractivity contribution in [1.82, 2.24) is 5.32 Å². The quantitative estimate of drug-likeness (QED) is 0.457. The van der Waals surface area contributed by atoms with Crippen molar-refractivity contribution in [2.45, 2.75) is 20.3 Å². The molecule has 0 unspecified atom stereocenters. The van der Waals surface area contributed by atoms with Crippen LogP contribution in [0.5, 0.6) is 0 Å². The summed E-state index contributed by atoms with van der Waals surface area (Å²) in [7, 11) is 0. The molecule has 0 aliphatic carbocycles. The second kappa shape index (κ2) is 9.48. The van der Waals surface area contributed by atoms with E-state index in [4.69, 9.17) is 4.74 Å². The van der Waals surface area contributed by atoms with E-state index in [2.05, 4.69) is 24.1 Å². The highest BCUT2D eigenvalue weighted by Crippen LogP contribution is 1.73. The van der Waals surface area contributed by atoms with Gasteiger partial charge in [0, 0.05) is 6.54 Å². The second-order valence-corrected chi connectivity index (χ2v) is 2.23. The Kier molecular flexibility index (Phi) is 9.03. The summed E-state index contributed by atoms with van der Waals surface area (Å²) in [6.07, 6.45) is 1.18. The van der Waals surface area contributed by atoms with Gasteiger partial charge in [-0.3, -0.25) is 0 Å². The Labute approximate surface area is 69.3 Å². The Morgan fingerprint density at radius 2 is 2.18 bits per heavy atom. The van der Waals surface area contributed by atoms with Gasteiger partial charge in [-0.1, -0.05) is 12.8 Å². The van der Waals surface area contributed by atoms with E-state index in [1.807, 2.05) is 6.92 Å². The maximum atomic E-state index is 5.18. The van der Waals surface area contributed by atoms with Crippen molar-refractivity contribution in [3.8, 4) is 11.8 Å². The van der Waals surface area contributed by atoms with E-state index in [0.717, 1.165) is 19.7 Å². The molecular weight excluding hydrogens is 138 g/mol. The number of hydrogen-bond acceptors (Lipinski definition) is 2. The van der Waals surface area contributed by atoms with Gasteiger partial charge in [0.05, 0.1) is 6.61 Å². The fourth-order valence-corrected chi connectivity index (χ4v) is 0.641. The first-order chi connectivity index (χ1) is 5.41. The summed E-state index contributed by atoms with van der Waals surface area (Å²) in [5.74, 6) is 5.61. The van der Waals surface area contributed by atoms with Gasteiger partial charge in [-0.05, 0) is 19.9 Å². The molecule has 64 valence electrons. The van der Waals surface area contributed by atoms with Crippen molar-refractivity contribution >= 4 is 0 Å². The lowest BCUT2D eigenvalue weighted by atomic mass is 10.5. The molecule has 0 fully saturated rings. The number of rotatable bonds is 6. The Balaban J connectivity index is 2.83. The standard InChI is InChI=1S/C9H17NO/c1-3-5-8-11-9-7-10-6-4-2/h10H,4,6-9H2,1-2H3. The van der Waals surface area contributed by atoms with Crippen LogP contribution in [0.4, 0.5) is 0 Å². The van der Waals surface area contributed by atoms with Crippen LogP contribution in [0.1, 0.15) is 20.3 Å². The zero-order chi connectivity index (χ0) is 8.36. The van der Waals surface area contributed by atoms with Gasteiger partial charge in [0.25, 0.3) is 0 Å². The summed E-state index contributed by atoms with van der Waals surface area (Å²) in [6.45, 7) is 7.29. The highest BCUT2D eigenvalue weighted by molar-refractivity contribution is 4.94. The SMILES string of the molecule is CC#CCOCCNCCC. The zero-order valence-corrected chi connectivity index (χ0v) is 7.44. The van der Waals surface area contributed by atoms with Crippen molar-refractivity contribution in [2.24, 2.45) is 0 Å². The Morgan fingerprint density at radius 3 is 2.82 bits per heavy atom. The predicted octanol–water partition coefficient (Wildman–Crippen LogP) is 1.03. The molecule has 0 heterocycles. The zero-order valence-electron chi connectivity index (χ0n) is 7.44. The van der Waals surface area contributed by atoms with Gasteiger partial charge >= 0.3 is 0 Å². The molecular formula is C9H17NO. The molecule has 2 heteroatoms. The van der Waals surface area contributed by atoms with Gasteiger partial charge < -0.3 is 10.1 Å². The van der Waals surface area contributed by atoms with Crippen molar-refractivity contribution in [3.63, 3.8) is 0 Å². The summed E-state index contributed by atoms with van der Waals surface area (Å²) in [5.41, 5.74) is 0. The fourth-order valence-electron chi connectivity index (χ4n) is 0.641. The fraction of sp³-hybridized carbons (Fsp3) is 0.778. The number of ether oxygens (including phenoxy) is 1. The van der Waals surface area contributed by atoms with Gasteiger partial charge in [0.1, 0.15) is 6.61 Å². The van der Waals surface area contributed by atoms with Gasteiger partial charge in [-0.15, -0.1) is 5.92 Å². The van der Waals surface area contributed by atoms with Crippen LogP contribution in [0.2, 0.25) is 0 Å². The third kappa shape index (κ3) is 9.48. The van der Waals surface area contributed by atoms with E-state index >= 15 is 0 Å². The summed E-state index contributed by atoms with van der Waals surface area (Å²) < 4.78 is 5.18. The molecule has 0 radical (unpaired) electrons. The van der Waals surface area contributed by atoms with Crippen LogP contribution in [0.15, 0.2) is 0 Å². The molecule has 0 spiro atoms. The molecule has 0 amide bonds. The second-order valence-electron chi connectivity index (χ2n) is 2.23. The maximum absolute atomic E-state index is 5.18. The number of hydrogen-bond donors (Lipinski definition) is 1. The van der Waals surface area contributed by atoms with E-state index in [1.54, 1.807) is 0 Å². The molecule has 0 aromatic carbocycles. The lowest BCUT2D eigenvalue weighted by Gasteiger charge is -2.01. The summed E-state index contributed by atoms with van der Waals surface area (Å²) >= 11 is 0. The van der Waals surface area contributed by atoms with E-state index in [1.165, 1.54) is 6.42 Å². The first-order valence-electron chi connectivity index (χ1n) is 4.10. The third-order valence-electron chi connectivity index (χ3n) is 1.20. The van der Waals surface area contributed by atoms with Gasteiger partial charge in [-0.2, -0.15) is 0 Å². The topological polar surface area (TPSA) is 21.3 Å². The van der Waals surface area contributed by atoms with Gasteiger partial charge in [0.15, 0.2) is 0 Å². The average Bonchev–Trinajstić information content (AvgIpc) is 2.03. The molecule has 0 saturated carbocycles. The molecule has 0 saturated heterocycles. The van der Waals surface area contributed by atoms with Crippen LogP contribution in [0, 0.1) is 11.8 Å². The highest BCUT2D eigenvalue weighted by atomic mass is 16.5. The summed E-state index contributed by atoms with van der Waals surface area (Å²) in [5, 5.41) is 3.24. The monoisotopic (exact) mass is 155 g/mol. The molecule has 0 aliphatic rings. The molecule has 0 aliphatic heterocycles. The Bertz CT molecular complexity index is 123. The lowest BCUT2D eigenvalue weighted by Crippen LogP contribution is -2.20.